The van der Waals surface area contributed by atoms with Crippen LogP contribution in [-0.4, -0.2) is 23.9 Å². The second kappa shape index (κ2) is 6.20. The minimum absolute atomic E-state index is 0.0821. The largest absolute Gasteiger partial charge is 0.341 e. The SMILES string of the molecule is Cc1ccc(C(N)CN2CCCCCC2=O)cc1C. The van der Waals surface area contributed by atoms with Crippen LogP contribution in [0, 0.1) is 13.8 Å². The summed E-state index contributed by atoms with van der Waals surface area (Å²) in [6.07, 6.45) is 3.96. The van der Waals surface area contributed by atoms with E-state index >= 15 is 0 Å². The van der Waals surface area contributed by atoms with E-state index in [1.165, 1.54) is 11.1 Å². The zero-order valence-electron chi connectivity index (χ0n) is 12.0. The number of carbonyl (C=O) groups excluding carboxylic acids is 1. The molecule has 1 aromatic rings. The summed E-state index contributed by atoms with van der Waals surface area (Å²) >= 11 is 0. The molecular formula is C16H24N2O. The molecule has 1 unspecified atom stereocenters. The average molecular weight is 260 g/mol. The van der Waals surface area contributed by atoms with Crippen molar-refractivity contribution in [2.45, 2.75) is 45.6 Å². The lowest BCUT2D eigenvalue weighted by Gasteiger charge is -2.25. The molecule has 1 aromatic carbocycles. The standard InChI is InChI=1S/C16H24N2O/c1-12-7-8-14(10-13(12)2)15(17)11-18-9-5-3-4-6-16(18)19/h7-8,10,15H,3-6,9,11,17H2,1-2H3. The van der Waals surface area contributed by atoms with Gasteiger partial charge in [0.2, 0.25) is 5.91 Å². The first kappa shape index (κ1) is 14.1. The van der Waals surface area contributed by atoms with Crippen molar-refractivity contribution in [3.63, 3.8) is 0 Å². The summed E-state index contributed by atoms with van der Waals surface area (Å²) in [7, 11) is 0. The Kier molecular flexibility index (Phi) is 4.59. The zero-order chi connectivity index (χ0) is 13.8. The second-order valence-corrected chi connectivity index (χ2v) is 5.60. The van der Waals surface area contributed by atoms with Crippen molar-refractivity contribution in [3.8, 4) is 0 Å². The van der Waals surface area contributed by atoms with Crippen molar-refractivity contribution in [3.05, 3.63) is 34.9 Å². The fourth-order valence-corrected chi connectivity index (χ4v) is 2.57. The summed E-state index contributed by atoms with van der Waals surface area (Å²) in [5.74, 6) is 0.261. The van der Waals surface area contributed by atoms with Crippen LogP contribution < -0.4 is 5.73 Å². The molecular weight excluding hydrogens is 236 g/mol. The third-order valence-corrected chi connectivity index (χ3v) is 4.05. The van der Waals surface area contributed by atoms with Gasteiger partial charge in [-0.1, -0.05) is 24.6 Å². The zero-order valence-corrected chi connectivity index (χ0v) is 12.0. The van der Waals surface area contributed by atoms with E-state index in [0.29, 0.717) is 13.0 Å². The first-order valence-electron chi connectivity index (χ1n) is 7.18. The molecule has 0 saturated carbocycles. The van der Waals surface area contributed by atoms with Crippen molar-refractivity contribution in [2.24, 2.45) is 5.73 Å². The first-order chi connectivity index (χ1) is 9.08. The molecule has 1 aliphatic rings. The molecule has 2 rings (SSSR count). The highest BCUT2D eigenvalue weighted by molar-refractivity contribution is 5.76. The molecule has 2 N–H and O–H groups in total. The first-order valence-corrected chi connectivity index (χ1v) is 7.18. The normalized spacial score (nSPS) is 18.3. The van der Waals surface area contributed by atoms with Gasteiger partial charge in [0.1, 0.15) is 0 Å². The molecule has 104 valence electrons. The van der Waals surface area contributed by atoms with Gasteiger partial charge in [-0.25, -0.2) is 0 Å². The summed E-state index contributed by atoms with van der Waals surface area (Å²) in [5, 5.41) is 0. The number of benzene rings is 1. The van der Waals surface area contributed by atoms with Crippen LogP contribution in [0.3, 0.4) is 0 Å². The Morgan fingerprint density at radius 2 is 2.00 bits per heavy atom. The lowest BCUT2D eigenvalue weighted by atomic mass is 10.0. The number of amides is 1. The molecule has 0 aromatic heterocycles. The fraction of sp³-hybridized carbons (Fsp3) is 0.562. The Morgan fingerprint density at radius 1 is 1.21 bits per heavy atom. The highest BCUT2D eigenvalue weighted by Gasteiger charge is 2.19. The second-order valence-electron chi connectivity index (χ2n) is 5.60. The van der Waals surface area contributed by atoms with Crippen LogP contribution >= 0.6 is 0 Å². The molecule has 1 saturated heterocycles. The summed E-state index contributed by atoms with van der Waals surface area (Å²) in [4.78, 5) is 13.9. The number of aryl methyl sites for hydroxylation is 2. The number of rotatable bonds is 3. The predicted molar refractivity (Wildman–Crippen MR) is 77.9 cm³/mol. The Balaban J connectivity index is 2.04. The van der Waals surface area contributed by atoms with E-state index in [2.05, 4.69) is 32.0 Å². The van der Waals surface area contributed by atoms with Crippen molar-refractivity contribution >= 4 is 5.91 Å². The van der Waals surface area contributed by atoms with E-state index in [1.54, 1.807) is 0 Å². The van der Waals surface area contributed by atoms with Crippen LogP contribution in [0.15, 0.2) is 18.2 Å². The molecule has 0 aliphatic carbocycles. The molecule has 1 fully saturated rings. The highest BCUT2D eigenvalue weighted by Crippen LogP contribution is 2.18. The minimum atomic E-state index is -0.0821. The molecule has 1 amide bonds. The average Bonchev–Trinajstić information content (AvgIpc) is 2.58. The predicted octanol–water partition coefficient (Wildman–Crippen LogP) is 2.71. The van der Waals surface area contributed by atoms with Gasteiger partial charge in [0.05, 0.1) is 0 Å². The molecule has 0 bridgehead atoms. The van der Waals surface area contributed by atoms with Crippen molar-refractivity contribution in [2.75, 3.05) is 13.1 Å². The maximum atomic E-state index is 12.0. The molecule has 3 nitrogen and oxygen atoms in total. The Bertz CT molecular complexity index is 456. The lowest BCUT2D eigenvalue weighted by Crippen LogP contribution is -2.36. The lowest BCUT2D eigenvalue weighted by molar-refractivity contribution is -0.130. The van der Waals surface area contributed by atoms with E-state index in [1.807, 2.05) is 4.90 Å². The number of carbonyl (C=O) groups is 1. The van der Waals surface area contributed by atoms with Crippen LogP contribution in [0.25, 0.3) is 0 Å². The molecule has 1 heterocycles. The summed E-state index contributed by atoms with van der Waals surface area (Å²) in [5.41, 5.74) is 9.93. The molecule has 19 heavy (non-hydrogen) atoms. The van der Waals surface area contributed by atoms with Crippen LogP contribution in [0.2, 0.25) is 0 Å². The summed E-state index contributed by atoms with van der Waals surface area (Å²) in [6.45, 7) is 5.70. The smallest absolute Gasteiger partial charge is 0.222 e. The highest BCUT2D eigenvalue weighted by atomic mass is 16.2. The number of hydrogen-bond acceptors (Lipinski definition) is 2. The number of nitrogens with two attached hydrogens (primary N) is 1. The maximum absolute atomic E-state index is 12.0. The monoisotopic (exact) mass is 260 g/mol. The van der Waals surface area contributed by atoms with Gasteiger partial charge < -0.3 is 10.6 Å². The van der Waals surface area contributed by atoms with Gasteiger partial charge in [-0.15, -0.1) is 0 Å². The van der Waals surface area contributed by atoms with Crippen LogP contribution in [0.5, 0.6) is 0 Å². The van der Waals surface area contributed by atoms with Crippen molar-refractivity contribution in [1.29, 1.82) is 0 Å². The van der Waals surface area contributed by atoms with E-state index in [9.17, 15) is 4.79 Å². The Morgan fingerprint density at radius 3 is 2.74 bits per heavy atom. The summed E-state index contributed by atoms with van der Waals surface area (Å²) < 4.78 is 0. The molecule has 1 atom stereocenters. The number of hydrogen-bond donors (Lipinski definition) is 1. The molecule has 0 spiro atoms. The van der Waals surface area contributed by atoms with E-state index in [4.69, 9.17) is 5.73 Å². The van der Waals surface area contributed by atoms with Gasteiger partial charge in [0.25, 0.3) is 0 Å². The number of likely N-dealkylation sites (tertiary alicyclic amines) is 1. The third-order valence-electron chi connectivity index (χ3n) is 4.05. The third kappa shape index (κ3) is 3.57. The van der Waals surface area contributed by atoms with Gasteiger partial charge >= 0.3 is 0 Å². The summed E-state index contributed by atoms with van der Waals surface area (Å²) in [6, 6.07) is 6.24. The topological polar surface area (TPSA) is 46.3 Å². The van der Waals surface area contributed by atoms with Crippen LogP contribution in [0.4, 0.5) is 0 Å². The molecule has 1 aliphatic heterocycles. The van der Waals surface area contributed by atoms with Gasteiger partial charge in [-0.05, 0) is 43.4 Å². The van der Waals surface area contributed by atoms with Crippen LogP contribution in [0.1, 0.15) is 48.4 Å². The van der Waals surface area contributed by atoms with E-state index in [0.717, 1.165) is 31.4 Å². The van der Waals surface area contributed by atoms with Gasteiger partial charge in [0, 0.05) is 25.6 Å². The van der Waals surface area contributed by atoms with Gasteiger partial charge in [0.15, 0.2) is 0 Å². The quantitative estimate of drug-likeness (QED) is 0.908. The Labute approximate surface area is 115 Å². The fourth-order valence-electron chi connectivity index (χ4n) is 2.57. The van der Waals surface area contributed by atoms with Crippen molar-refractivity contribution < 1.29 is 4.79 Å². The van der Waals surface area contributed by atoms with Gasteiger partial charge in [-0.2, -0.15) is 0 Å². The molecule has 0 radical (unpaired) electrons. The van der Waals surface area contributed by atoms with Crippen molar-refractivity contribution in [1.82, 2.24) is 4.90 Å². The van der Waals surface area contributed by atoms with Crippen LogP contribution in [-0.2, 0) is 4.79 Å². The Hall–Kier alpha value is -1.35. The molecule has 3 heteroatoms. The van der Waals surface area contributed by atoms with Gasteiger partial charge in [-0.3, -0.25) is 4.79 Å². The minimum Gasteiger partial charge on any atom is -0.341 e. The maximum Gasteiger partial charge on any atom is 0.222 e. The van der Waals surface area contributed by atoms with E-state index < -0.39 is 0 Å². The number of nitrogens with zero attached hydrogens (tertiary/aromatic N) is 1. The van der Waals surface area contributed by atoms with E-state index in [-0.39, 0.29) is 11.9 Å².